The Bertz CT molecular complexity index is 1220. The van der Waals surface area contributed by atoms with Crippen LogP contribution in [-0.4, -0.2) is 37.2 Å². The number of rotatable bonds is 10. The van der Waals surface area contributed by atoms with Crippen LogP contribution in [0.4, 0.5) is 0 Å². The van der Waals surface area contributed by atoms with Gasteiger partial charge in [0.2, 0.25) is 0 Å². The molecule has 0 heterocycles. The topological polar surface area (TPSA) is 175 Å². The molecular formula is C23H26Na2O9S2. The van der Waals surface area contributed by atoms with Crippen molar-refractivity contribution in [3.05, 3.63) is 58.7 Å². The first-order chi connectivity index (χ1) is 15.7. The normalized spacial score (nSPS) is 12.2. The number of allylic oxidation sites excluding steroid dienone is 2. The Kier molecular flexibility index (Phi) is 14.7. The van der Waals surface area contributed by atoms with E-state index in [9.17, 15) is 41.3 Å². The maximum atomic E-state index is 12.1. The molecule has 2 aromatic carbocycles. The van der Waals surface area contributed by atoms with E-state index in [2.05, 4.69) is 0 Å². The van der Waals surface area contributed by atoms with Crippen molar-refractivity contribution in [2.24, 2.45) is 0 Å². The Morgan fingerprint density at radius 2 is 1.08 bits per heavy atom. The van der Waals surface area contributed by atoms with Crippen LogP contribution in [0, 0.1) is 13.8 Å². The SMILES string of the molecule is Cc1cc(S(=O)(=O)O)cc(/C=C/CCC(O)CC/C=C/c2cc(S(=O)(=O)O)cc(C)c2[O-])c1[O-].[Na+].[Na+]. The first-order valence-corrected chi connectivity index (χ1v) is 13.2. The molecule has 186 valence electrons. The fourth-order valence-corrected chi connectivity index (χ4v) is 4.42. The molecule has 0 saturated heterocycles. The average Bonchev–Trinajstić information content (AvgIpc) is 2.72. The van der Waals surface area contributed by atoms with Gasteiger partial charge in [0.1, 0.15) is 0 Å². The van der Waals surface area contributed by atoms with Gasteiger partial charge >= 0.3 is 59.1 Å². The van der Waals surface area contributed by atoms with Crippen molar-refractivity contribution in [1.29, 1.82) is 0 Å². The van der Waals surface area contributed by atoms with Gasteiger partial charge in [0.05, 0.1) is 15.9 Å². The Hall–Kier alpha value is -0.700. The third-order valence-electron chi connectivity index (χ3n) is 5.08. The van der Waals surface area contributed by atoms with E-state index in [-0.39, 0.29) is 103 Å². The van der Waals surface area contributed by atoms with Gasteiger partial charge in [-0.15, -0.1) is 0 Å². The summed E-state index contributed by atoms with van der Waals surface area (Å²) in [6, 6.07) is 4.38. The Morgan fingerprint density at radius 1 is 0.750 bits per heavy atom. The predicted molar refractivity (Wildman–Crippen MR) is 123 cm³/mol. The minimum Gasteiger partial charge on any atom is -0.872 e. The molecule has 0 bridgehead atoms. The van der Waals surface area contributed by atoms with Crippen LogP contribution in [0.25, 0.3) is 12.2 Å². The summed E-state index contributed by atoms with van der Waals surface area (Å²) < 4.78 is 63.6. The molecular weight excluding hydrogens is 530 g/mol. The molecule has 13 heteroatoms. The van der Waals surface area contributed by atoms with Gasteiger partial charge in [-0.05, 0) is 74.9 Å². The quantitative estimate of drug-likeness (QED) is 0.199. The van der Waals surface area contributed by atoms with Crippen LogP contribution in [0.5, 0.6) is 11.5 Å². The van der Waals surface area contributed by atoms with Gasteiger partial charge in [-0.3, -0.25) is 9.11 Å². The molecule has 2 aromatic rings. The van der Waals surface area contributed by atoms with Crippen molar-refractivity contribution in [2.75, 3.05) is 0 Å². The standard InChI is InChI=1S/C23H28O9S2.2Na/c1-15-11-20(33(27,28)29)13-17(22(15)25)7-3-5-9-19(24)10-6-4-8-18-14-21(34(30,31)32)12-16(2)23(18)26;;/h3-4,7-8,11-14,19,24-26H,5-6,9-10H2,1-2H3,(H,27,28,29)(H,30,31,32);;/q;2*+1/p-2/b7-3+,8-4+;;. The third-order valence-corrected chi connectivity index (χ3v) is 6.74. The largest absolute Gasteiger partial charge is 1.00 e. The van der Waals surface area contributed by atoms with Gasteiger partial charge < -0.3 is 15.3 Å². The second-order valence-electron chi connectivity index (χ2n) is 7.88. The molecule has 0 amide bonds. The minimum absolute atomic E-state index is 0. The Balaban J connectivity index is 0.00000612. The maximum absolute atomic E-state index is 12.1. The molecule has 0 radical (unpaired) electrons. The summed E-state index contributed by atoms with van der Waals surface area (Å²) in [6.07, 6.45) is 6.96. The summed E-state index contributed by atoms with van der Waals surface area (Å²) in [5.74, 6) is -0.722. The molecule has 3 N–H and O–H groups in total. The van der Waals surface area contributed by atoms with E-state index in [0.717, 1.165) is 24.3 Å². The fraction of sp³-hybridized carbons (Fsp3) is 0.304. The first-order valence-electron chi connectivity index (χ1n) is 10.3. The molecule has 0 aliphatic rings. The summed E-state index contributed by atoms with van der Waals surface area (Å²) in [5.41, 5.74) is 0.585. The van der Waals surface area contributed by atoms with Crippen LogP contribution >= 0.6 is 0 Å². The van der Waals surface area contributed by atoms with Crippen molar-refractivity contribution >= 4 is 32.4 Å². The molecule has 0 fully saturated rings. The molecule has 36 heavy (non-hydrogen) atoms. The minimum atomic E-state index is -4.44. The van der Waals surface area contributed by atoms with Gasteiger partial charge in [-0.1, -0.05) is 46.9 Å². The number of aliphatic hydroxyl groups excluding tert-OH is 1. The van der Waals surface area contributed by atoms with E-state index in [0.29, 0.717) is 25.7 Å². The summed E-state index contributed by atoms with van der Waals surface area (Å²) in [4.78, 5) is -0.732. The van der Waals surface area contributed by atoms with Gasteiger partial charge in [0.25, 0.3) is 20.2 Å². The van der Waals surface area contributed by atoms with Crippen molar-refractivity contribution in [3.8, 4) is 11.5 Å². The zero-order valence-electron chi connectivity index (χ0n) is 20.6. The van der Waals surface area contributed by atoms with Gasteiger partial charge in [0.15, 0.2) is 0 Å². The van der Waals surface area contributed by atoms with E-state index in [1.165, 1.54) is 26.0 Å². The average molecular weight is 557 g/mol. The summed E-state index contributed by atoms with van der Waals surface area (Å²) in [7, 11) is -8.87. The van der Waals surface area contributed by atoms with E-state index < -0.39 is 26.3 Å². The van der Waals surface area contributed by atoms with E-state index in [4.69, 9.17) is 0 Å². The van der Waals surface area contributed by atoms with Gasteiger partial charge in [-0.25, -0.2) is 0 Å². The van der Waals surface area contributed by atoms with Crippen LogP contribution in [0.3, 0.4) is 0 Å². The van der Waals surface area contributed by atoms with Crippen molar-refractivity contribution in [1.82, 2.24) is 0 Å². The van der Waals surface area contributed by atoms with Crippen LogP contribution in [0.2, 0.25) is 0 Å². The molecule has 0 saturated carbocycles. The molecule has 0 unspecified atom stereocenters. The molecule has 0 atom stereocenters. The maximum Gasteiger partial charge on any atom is 1.00 e. The van der Waals surface area contributed by atoms with Gasteiger partial charge in [-0.2, -0.15) is 16.8 Å². The van der Waals surface area contributed by atoms with Crippen LogP contribution in [0.15, 0.2) is 46.2 Å². The smallest absolute Gasteiger partial charge is 0.872 e. The number of hydrogen-bond acceptors (Lipinski definition) is 7. The second kappa shape index (κ2) is 15.0. The zero-order chi connectivity index (χ0) is 25.7. The molecule has 0 aliphatic heterocycles. The second-order valence-corrected chi connectivity index (χ2v) is 10.7. The fourth-order valence-electron chi connectivity index (χ4n) is 3.22. The third kappa shape index (κ3) is 10.6. The zero-order valence-corrected chi connectivity index (χ0v) is 26.3. The summed E-state index contributed by atoms with van der Waals surface area (Å²) in [5, 5.41) is 34.4. The summed E-state index contributed by atoms with van der Waals surface area (Å²) in [6.45, 7) is 2.89. The van der Waals surface area contributed by atoms with Crippen LogP contribution in [0.1, 0.15) is 47.9 Å². The number of aryl methyl sites for hydroxylation is 2. The first kappa shape index (κ1) is 35.3. The predicted octanol–water partition coefficient (Wildman–Crippen LogP) is -3.40. The summed E-state index contributed by atoms with van der Waals surface area (Å²) >= 11 is 0. The van der Waals surface area contributed by atoms with Crippen molar-refractivity contribution in [3.63, 3.8) is 0 Å². The Morgan fingerprint density at radius 3 is 1.39 bits per heavy atom. The van der Waals surface area contributed by atoms with Crippen molar-refractivity contribution < 1.29 is 100 Å². The molecule has 2 rings (SSSR count). The van der Waals surface area contributed by atoms with Gasteiger partial charge in [0, 0.05) is 0 Å². The number of aliphatic hydroxyl groups is 1. The Labute approximate surface area is 256 Å². The molecule has 9 nitrogen and oxygen atoms in total. The molecule has 0 aliphatic carbocycles. The molecule has 0 spiro atoms. The van der Waals surface area contributed by atoms with E-state index >= 15 is 0 Å². The number of benzene rings is 2. The van der Waals surface area contributed by atoms with Crippen LogP contribution < -0.4 is 69.3 Å². The van der Waals surface area contributed by atoms with Crippen LogP contribution in [-0.2, 0) is 20.2 Å². The van der Waals surface area contributed by atoms with E-state index in [1.54, 1.807) is 12.2 Å². The molecule has 0 aromatic heterocycles. The van der Waals surface area contributed by atoms with Crippen molar-refractivity contribution in [2.45, 2.75) is 55.4 Å². The number of hydrogen-bond donors (Lipinski definition) is 3. The monoisotopic (exact) mass is 556 g/mol. The van der Waals surface area contributed by atoms with E-state index in [1.807, 2.05) is 0 Å².